The fourth-order valence-electron chi connectivity index (χ4n) is 6.40. The van der Waals surface area contributed by atoms with E-state index in [4.69, 9.17) is 15.0 Å². The van der Waals surface area contributed by atoms with E-state index in [2.05, 4.69) is 164 Å². The van der Waals surface area contributed by atoms with E-state index in [0.717, 1.165) is 33.4 Å². The smallest absolute Gasteiger partial charge is 0.164 e. The second kappa shape index (κ2) is 12.4. The summed E-state index contributed by atoms with van der Waals surface area (Å²) >= 11 is 1.81. The van der Waals surface area contributed by atoms with Crippen LogP contribution in [0.3, 0.4) is 0 Å². The molecule has 0 unspecified atom stereocenters. The Balaban J connectivity index is 1.16. The molecule has 0 saturated carbocycles. The monoisotopic (exact) mass is 643 g/mol. The van der Waals surface area contributed by atoms with E-state index in [0.29, 0.717) is 17.5 Å². The zero-order chi connectivity index (χ0) is 32.6. The first-order chi connectivity index (χ1) is 24.2. The Morgan fingerprint density at radius 3 is 1.18 bits per heavy atom. The molecule has 0 aliphatic rings. The van der Waals surface area contributed by atoms with E-state index >= 15 is 0 Å². The molecule has 0 radical (unpaired) electrons. The van der Waals surface area contributed by atoms with E-state index in [9.17, 15) is 0 Å². The van der Waals surface area contributed by atoms with Crippen LogP contribution in [0.25, 0.3) is 87.7 Å². The van der Waals surface area contributed by atoms with Crippen LogP contribution >= 0.6 is 11.3 Å². The molecule has 0 bridgehead atoms. The molecular formula is C45H29N3S. The van der Waals surface area contributed by atoms with Gasteiger partial charge < -0.3 is 0 Å². The lowest BCUT2D eigenvalue weighted by Crippen LogP contribution is -2.00. The van der Waals surface area contributed by atoms with E-state index in [1.165, 1.54) is 36.9 Å². The van der Waals surface area contributed by atoms with Crippen molar-refractivity contribution in [3.05, 3.63) is 176 Å². The largest absolute Gasteiger partial charge is 0.208 e. The molecule has 4 heteroatoms. The molecule has 3 nitrogen and oxygen atoms in total. The van der Waals surface area contributed by atoms with Crippen LogP contribution in [0, 0.1) is 0 Å². The maximum Gasteiger partial charge on any atom is 0.164 e. The Morgan fingerprint density at radius 1 is 0.265 bits per heavy atom. The maximum absolute atomic E-state index is 5.10. The number of hydrogen-bond donors (Lipinski definition) is 0. The predicted octanol–water partition coefficient (Wildman–Crippen LogP) is 12.2. The molecule has 0 atom stereocenters. The fourth-order valence-corrected chi connectivity index (χ4v) is 7.58. The molecule has 0 fully saturated rings. The first kappa shape index (κ1) is 29.0. The molecule has 49 heavy (non-hydrogen) atoms. The molecule has 0 saturated heterocycles. The molecule has 9 rings (SSSR count). The van der Waals surface area contributed by atoms with Gasteiger partial charge in [0.1, 0.15) is 0 Å². The summed E-state index contributed by atoms with van der Waals surface area (Å²) in [7, 11) is 0. The summed E-state index contributed by atoms with van der Waals surface area (Å²) in [6.07, 6.45) is 0. The first-order valence-electron chi connectivity index (χ1n) is 16.4. The molecule has 0 amide bonds. The number of fused-ring (bicyclic) bond motifs is 3. The van der Waals surface area contributed by atoms with Crippen molar-refractivity contribution in [1.29, 1.82) is 0 Å². The van der Waals surface area contributed by atoms with Crippen molar-refractivity contribution < 1.29 is 0 Å². The van der Waals surface area contributed by atoms with Gasteiger partial charge in [0.25, 0.3) is 0 Å². The van der Waals surface area contributed by atoms with Crippen LogP contribution in [-0.2, 0) is 0 Å². The Labute approximate surface area is 288 Å². The summed E-state index contributed by atoms with van der Waals surface area (Å²) in [5.74, 6) is 1.95. The fraction of sp³-hybridized carbons (Fsp3) is 0. The van der Waals surface area contributed by atoms with Gasteiger partial charge >= 0.3 is 0 Å². The minimum absolute atomic E-state index is 0.647. The van der Waals surface area contributed by atoms with Crippen molar-refractivity contribution in [3.63, 3.8) is 0 Å². The highest BCUT2D eigenvalue weighted by atomic mass is 32.1. The topological polar surface area (TPSA) is 38.7 Å². The van der Waals surface area contributed by atoms with Crippen LogP contribution in [0.4, 0.5) is 0 Å². The molecule has 0 aliphatic heterocycles. The number of thiophene rings is 1. The zero-order valence-corrected chi connectivity index (χ0v) is 27.3. The minimum atomic E-state index is 0.647. The van der Waals surface area contributed by atoms with Crippen molar-refractivity contribution in [1.82, 2.24) is 15.0 Å². The lowest BCUT2D eigenvalue weighted by Gasteiger charge is -2.10. The first-order valence-corrected chi connectivity index (χ1v) is 17.2. The summed E-state index contributed by atoms with van der Waals surface area (Å²) in [5, 5.41) is 2.50. The summed E-state index contributed by atoms with van der Waals surface area (Å²) < 4.78 is 2.47. The third-order valence-electron chi connectivity index (χ3n) is 8.95. The number of nitrogens with zero attached hydrogens (tertiary/aromatic N) is 3. The quantitative estimate of drug-likeness (QED) is 0.181. The summed E-state index contributed by atoms with van der Waals surface area (Å²) in [4.78, 5) is 15.2. The average Bonchev–Trinajstić information content (AvgIpc) is 3.56. The SMILES string of the molecule is c1ccc(-c2ccc(-c3nc(-c4cccc(-c5ccccc5)c4)nc(-c4ccc5c(c4)sc4cc(-c6ccccc6)ccc45)n3)cc2)cc1. The highest BCUT2D eigenvalue weighted by Crippen LogP contribution is 2.38. The third-order valence-corrected chi connectivity index (χ3v) is 10.1. The van der Waals surface area contributed by atoms with Crippen molar-refractivity contribution in [2.75, 3.05) is 0 Å². The van der Waals surface area contributed by atoms with Crippen LogP contribution in [0.15, 0.2) is 176 Å². The van der Waals surface area contributed by atoms with Crippen LogP contribution in [0.2, 0.25) is 0 Å². The molecular weight excluding hydrogens is 615 g/mol. The highest BCUT2D eigenvalue weighted by molar-refractivity contribution is 7.25. The Morgan fingerprint density at radius 2 is 0.612 bits per heavy atom. The van der Waals surface area contributed by atoms with Crippen LogP contribution < -0.4 is 0 Å². The van der Waals surface area contributed by atoms with Crippen LogP contribution in [0.5, 0.6) is 0 Å². The van der Waals surface area contributed by atoms with Gasteiger partial charge in [-0.15, -0.1) is 11.3 Å². The molecule has 0 spiro atoms. The molecule has 230 valence electrons. The van der Waals surface area contributed by atoms with Crippen LogP contribution in [0.1, 0.15) is 0 Å². The lowest BCUT2D eigenvalue weighted by molar-refractivity contribution is 1.07. The maximum atomic E-state index is 5.10. The molecule has 9 aromatic rings. The number of rotatable bonds is 6. The van der Waals surface area contributed by atoms with E-state index in [1.807, 2.05) is 23.5 Å². The Bertz CT molecular complexity index is 2580. The summed E-state index contributed by atoms with van der Waals surface area (Å²) in [5.41, 5.74) is 9.91. The lowest BCUT2D eigenvalue weighted by atomic mass is 10.0. The van der Waals surface area contributed by atoms with E-state index in [1.54, 1.807) is 0 Å². The van der Waals surface area contributed by atoms with Crippen molar-refractivity contribution in [3.8, 4) is 67.5 Å². The summed E-state index contributed by atoms with van der Waals surface area (Å²) in [6, 6.07) is 61.6. The van der Waals surface area contributed by atoms with Gasteiger partial charge in [-0.1, -0.05) is 158 Å². The minimum Gasteiger partial charge on any atom is -0.208 e. The number of benzene rings is 7. The predicted molar refractivity (Wildman–Crippen MR) is 205 cm³/mol. The highest BCUT2D eigenvalue weighted by Gasteiger charge is 2.15. The van der Waals surface area contributed by atoms with Gasteiger partial charge in [-0.3, -0.25) is 0 Å². The molecule has 0 N–H and O–H groups in total. The van der Waals surface area contributed by atoms with Gasteiger partial charge in [0.05, 0.1) is 0 Å². The van der Waals surface area contributed by atoms with Gasteiger partial charge in [-0.2, -0.15) is 0 Å². The van der Waals surface area contributed by atoms with Crippen molar-refractivity contribution in [2.45, 2.75) is 0 Å². The van der Waals surface area contributed by atoms with Gasteiger partial charge in [0, 0.05) is 36.9 Å². The number of hydrogen-bond acceptors (Lipinski definition) is 4. The average molecular weight is 644 g/mol. The second-order valence-corrected chi connectivity index (χ2v) is 13.2. The second-order valence-electron chi connectivity index (χ2n) is 12.1. The summed E-state index contributed by atoms with van der Waals surface area (Å²) in [6.45, 7) is 0. The Hall–Kier alpha value is -6.23. The molecule has 2 aromatic heterocycles. The van der Waals surface area contributed by atoms with Crippen LogP contribution in [-0.4, -0.2) is 15.0 Å². The van der Waals surface area contributed by atoms with Gasteiger partial charge in [-0.05, 0) is 51.6 Å². The molecule has 2 heterocycles. The van der Waals surface area contributed by atoms with E-state index < -0.39 is 0 Å². The third kappa shape index (κ3) is 5.69. The Kier molecular flexibility index (Phi) is 7.34. The van der Waals surface area contributed by atoms with Crippen molar-refractivity contribution in [2.24, 2.45) is 0 Å². The van der Waals surface area contributed by atoms with Crippen molar-refractivity contribution >= 4 is 31.5 Å². The van der Waals surface area contributed by atoms with E-state index in [-0.39, 0.29) is 0 Å². The molecule has 0 aliphatic carbocycles. The standard InChI is InChI=1S/C45H29N3S/c1-4-11-30(12-5-1)33-19-21-34(22-20-33)43-46-44(37-18-10-17-35(27-37)31-13-6-2-7-14-31)48-45(47-43)38-24-26-40-39-25-23-36(32-15-8-3-9-16-32)28-41(39)49-42(40)29-38/h1-29H. The van der Waals surface area contributed by atoms with Gasteiger partial charge in [0.2, 0.25) is 0 Å². The zero-order valence-electron chi connectivity index (χ0n) is 26.5. The normalized spacial score (nSPS) is 11.3. The van der Waals surface area contributed by atoms with Gasteiger partial charge in [-0.25, -0.2) is 15.0 Å². The number of aromatic nitrogens is 3. The van der Waals surface area contributed by atoms with Gasteiger partial charge in [0.15, 0.2) is 17.5 Å². The molecule has 7 aromatic carbocycles.